The van der Waals surface area contributed by atoms with Crippen molar-refractivity contribution in [1.82, 2.24) is 0 Å². The molecule has 0 bridgehead atoms. The van der Waals surface area contributed by atoms with E-state index in [1.54, 1.807) is 0 Å². The average molecular weight is 157 g/mol. The maximum atomic E-state index is 12.4. The summed E-state index contributed by atoms with van der Waals surface area (Å²) < 4.78 is 24.3. The van der Waals surface area contributed by atoms with Crippen molar-refractivity contribution < 1.29 is 8.78 Å². The first kappa shape index (κ1) is 7.78. The number of nitroso groups, excluding NO2 is 1. The van der Waals surface area contributed by atoms with E-state index in [2.05, 4.69) is 5.18 Å². The Morgan fingerprint density at radius 2 is 2.18 bits per heavy atom. The van der Waals surface area contributed by atoms with E-state index < -0.39 is 12.5 Å². The molecule has 0 amide bonds. The summed E-state index contributed by atoms with van der Waals surface area (Å²) in [5, 5.41) is 2.53. The Labute approximate surface area is 61.8 Å². The van der Waals surface area contributed by atoms with Crippen LogP contribution in [-0.4, -0.2) is 0 Å². The van der Waals surface area contributed by atoms with Crippen molar-refractivity contribution in [2.45, 2.75) is 6.67 Å². The number of hydrogen-bond acceptors (Lipinski definition) is 2. The predicted molar refractivity (Wildman–Crippen MR) is 36.7 cm³/mol. The van der Waals surface area contributed by atoms with Crippen molar-refractivity contribution in [2.75, 3.05) is 0 Å². The van der Waals surface area contributed by atoms with Gasteiger partial charge in [-0.05, 0) is 23.4 Å². The van der Waals surface area contributed by atoms with Crippen molar-refractivity contribution in [3.63, 3.8) is 0 Å². The van der Waals surface area contributed by atoms with E-state index in [4.69, 9.17) is 0 Å². The van der Waals surface area contributed by atoms with Gasteiger partial charge in [0.2, 0.25) is 0 Å². The van der Waals surface area contributed by atoms with Crippen LogP contribution in [0.25, 0.3) is 0 Å². The molecule has 1 aromatic carbocycles. The molecule has 0 heterocycles. The van der Waals surface area contributed by atoms with Gasteiger partial charge in [-0.1, -0.05) is 0 Å². The molecule has 0 N–H and O–H groups in total. The monoisotopic (exact) mass is 157 g/mol. The minimum absolute atomic E-state index is 0.0139. The number of hydrogen-bond donors (Lipinski definition) is 0. The van der Waals surface area contributed by atoms with Crippen LogP contribution in [0.4, 0.5) is 14.5 Å². The summed E-state index contributed by atoms with van der Waals surface area (Å²) in [7, 11) is 0. The summed E-state index contributed by atoms with van der Waals surface area (Å²) in [6.45, 7) is -0.876. The Morgan fingerprint density at radius 1 is 1.45 bits per heavy atom. The molecule has 0 aliphatic carbocycles. The minimum atomic E-state index is -0.876. The van der Waals surface area contributed by atoms with E-state index in [1.165, 1.54) is 0 Å². The molecule has 58 valence electrons. The Kier molecular flexibility index (Phi) is 2.25. The summed E-state index contributed by atoms with van der Waals surface area (Å²) in [4.78, 5) is 9.96. The fourth-order valence-electron chi connectivity index (χ4n) is 0.750. The minimum Gasteiger partial charge on any atom is -0.246 e. The Hall–Kier alpha value is -1.32. The molecule has 0 fully saturated rings. The van der Waals surface area contributed by atoms with Gasteiger partial charge in [-0.15, -0.1) is 4.91 Å². The maximum Gasteiger partial charge on any atom is 0.123 e. The van der Waals surface area contributed by atoms with Crippen LogP contribution in [0.5, 0.6) is 0 Å². The summed E-state index contributed by atoms with van der Waals surface area (Å²) in [6, 6.07) is 3.17. The number of rotatable bonds is 2. The molecule has 0 spiro atoms. The van der Waals surface area contributed by atoms with Crippen molar-refractivity contribution in [3.8, 4) is 0 Å². The summed E-state index contributed by atoms with van der Waals surface area (Å²) in [5.41, 5.74) is -0.0612. The molecular weight excluding hydrogens is 152 g/mol. The van der Waals surface area contributed by atoms with Crippen LogP contribution in [0.3, 0.4) is 0 Å². The molecule has 2 nitrogen and oxygen atoms in total. The van der Waals surface area contributed by atoms with E-state index in [-0.39, 0.29) is 11.3 Å². The largest absolute Gasteiger partial charge is 0.246 e. The quantitative estimate of drug-likeness (QED) is 0.607. The van der Waals surface area contributed by atoms with Gasteiger partial charge in [0.05, 0.1) is 0 Å². The first-order chi connectivity index (χ1) is 5.27. The molecule has 0 atom stereocenters. The van der Waals surface area contributed by atoms with Crippen LogP contribution in [-0.2, 0) is 6.67 Å². The smallest absolute Gasteiger partial charge is 0.123 e. The first-order valence-electron chi connectivity index (χ1n) is 2.95. The van der Waals surface area contributed by atoms with Crippen molar-refractivity contribution in [1.29, 1.82) is 0 Å². The van der Waals surface area contributed by atoms with Gasteiger partial charge in [0.25, 0.3) is 0 Å². The SMILES string of the molecule is O=Nc1ccc(F)cc1CF. The summed E-state index contributed by atoms with van der Waals surface area (Å²) in [5.74, 6) is -0.565. The van der Waals surface area contributed by atoms with Crippen LogP contribution in [0, 0.1) is 10.7 Å². The van der Waals surface area contributed by atoms with Gasteiger partial charge in [-0.25, -0.2) is 8.78 Å². The van der Waals surface area contributed by atoms with E-state index in [0.29, 0.717) is 0 Å². The lowest BCUT2D eigenvalue weighted by Crippen LogP contribution is -1.81. The standard InChI is InChI=1S/C7H5F2NO/c8-4-5-3-6(9)1-2-7(5)10-11/h1-3H,4H2. The van der Waals surface area contributed by atoms with Crippen LogP contribution in [0.2, 0.25) is 0 Å². The lowest BCUT2D eigenvalue weighted by atomic mass is 10.2. The lowest BCUT2D eigenvalue weighted by Gasteiger charge is -1.96. The van der Waals surface area contributed by atoms with Crippen molar-refractivity contribution >= 4 is 5.69 Å². The second-order valence-electron chi connectivity index (χ2n) is 2.00. The average Bonchev–Trinajstić information content (AvgIpc) is 2.04. The molecule has 0 aromatic heterocycles. The van der Waals surface area contributed by atoms with E-state index in [1.807, 2.05) is 0 Å². The molecule has 0 aliphatic rings. The number of alkyl halides is 1. The van der Waals surface area contributed by atoms with Gasteiger partial charge in [-0.2, -0.15) is 0 Å². The second-order valence-corrected chi connectivity index (χ2v) is 2.00. The zero-order chi connectivity index (χ0) is 8.27. The molecule has 1 rings (SSSR count). The third kappa shape index (κ3) is 1.58. The van der Waals surface area contributed by atoms with E-state index >= 15 is 0 Å². The number of benzene rings is 1. The van der Waals surface area contributed by atoms with Crippen LogP contribution in [0.1, 0.15) is 5.56 Å². The lowest BCUT2D eigenvalue weighted by molar-refractivity contribution is 0.483. The topological polar surface area (TPSA) is 29.4 Å². The van der Waals surface area contributed by atoms with Crippen LogP contribution < -0.4 is 0 Å². The normalized spacial score (nSPS) is 9.64. The zero-order valence-electron chi connectivity index (χ0n) is 5.55. The van der Waals surface area contributed by atoms with E-state index in [0.717, 1.165) is 18.2 Å². The molecular formula is C7H5F2NO. The van der Waals surface area contributed by atoms with Gasteiger partial charge < -0.3 is 0 Å². The van der Waals surface area contributed by atoms with E-state index in [9.17, 15) is 13.7 Å². The van der Waals surface area contributed by atoms with Gasteiger partial charge >= 0.3 is 0 Å². The fraction of sp³-hybridized carbons (Fsp3) is 0.143. The Morgan fingerprint density at radius 3 is 2.73 bits per heavy atom. The highest BCUT2D eigenvalue weighted by atomic mass is 19.1. The Balaban J connectivity index is 3.16. The molecule has 4 heteroatoms. The summed E-state index contributed by atoms with van der Waals surface area (Å²) in [6.07, 6.45) is 0. The molecule has 11 heavy (non-hydrogen) atoms. The van der Waals surface area contributed by atoms with Crippen molar-refractivity contribution in [2.24, 2.45) is 5.18 Å². The third-order valence-electron chi connectivity index (χ3n) is 1.28. The van der Waals surface area contributed by atoms with Gasteiger partial charge in [-0.3, -0.25) is 0 Å². The molecule has 0 aliphatic heterocycles. The Bertz CT molecular complexity index is 275. The highest BCUT2D eigenvalue weighted by molar-refractivity contribution is 5.45. The highest BCUT2D eigenvalue weighted by Gasteiger charge is 2.02. The molecule has 0 unspecified atom stereocenters. The van der Waals surface area contributed by atoms with Crippen LogP contribution in [0.15, 0.2) is 23.4 Å². The fourth-order valence-corrected chi connectivity index (χ4v) is 0.750. The number of nitrogens with zero attached hydrogens (tertiary/aromatic N) is 1. The van der Waals surface area contributed by atoms with Gasteiger partial charge in [0.15, 0.2) is 0 Å². The number of halogens is 2. The van der Waals surface area contributed by atoms with Gasteiger partial charge in [0, 0.05) is 5.56 Å². The molecule has 0 radical (unpaired) electrons. The van der Waals surface area contributed by atoms with Crippen LogP contribution >= 0.6 is 0 Å². The predicted octanol–water partition coefficient (Wildman–Crippen LogP) is 2.69. The first-order valence-corrected chi connectivity index (χ1v) is 2.95. The molecule has 0 saturated heterocycles. The van der Waals surface area contributed by atoms with Gasteiger partial charge in [0.1, 0.15) is 18.2 Å². The van der Waals surface area contributed by atoms with Crippen molar-refractivity contribution in [3.05, 3.63) is 34.5 Å². The summed E-state index contributed by atoms with van der Waals surface area (Å²) >= 11 is 0. The maximum absolute atomic E-state index is 12.4. The second kappa shape index (κ2) is 3.18. The molecule has 1 aromatic rings. The zero-order valence-corrected chi connectivity index (χ0v) is 5.55. The third-order valence-corrected chi connectivity index (χ3v) is 1.28. The highest BCUT2D eigenvalue weighted by Crippen LogP contribution is 2.20. The molecule has 0 saturated carbocycles.